The van der Waals surface area contributed by atoms with E-state index in [1.54, 1.807) is 6.33 Å². The molecule has 80 valence electrons. The summed E-state index contributed by atoms with van der Waals surface area (Å²) in [4.78, 5) is 12.6. The van der Waals surface area contributed by atoms with E-state index in [4.69, 9.17) is 5.73 Å². The van der Waals surface area contributed by atoms with E-state index in [-0.39, 0.29) is 0 Å². The van der Waals surface area contributed by atoms with Crippen LogP contribution in [0.15, 0.2) is 6.33 Å². The first-order valence-electron chi connectivity index (χ1n) is 4.90. The van der Waals surface area contributed by atoms with Gasteiger partial charge in [-0.3, -0.25) is 0 Å². The average molecular weight is 206 g/mol. The zero-order valence-electron chi connectivity index (χ0n) is 8.86. The molecule has 0 spiro atoms. The molecular weight excluding hydrogens is 192 g/mol. The number of hydrogen-bond donors (Lipinski definition) is 2. The van der Waals surface area contributed by atoms with Crippen LogP contribution in [0.2, 0.25) is 0 Å². The minimum atomic E-state index is 0.416. The van der Waals surface area contributed by atoms with Crippen LogP contribution in [0, 0.1) is 0 Å². The largest absolute Gasteiger partial charge is 0.382 e. The molecule has 6 nitrogen and oxygen atoms in total. The lowest BCUT2D eigenvalue weighted by atomic mass is 10.5. The zero-order chi connectivity index (χ0) is 10.8. The molecule has 0 bridgehead atoms. The fourth-order valence-electron chi connectivity index (χ4n) is 1.34. The molecule has 15 heavy (non-hydrogen) atoms. The molecule has 0 aliphatic heterocycles. The van der Waals surface area contributed by atoms with E-state index in [1.807, 2.05) is 11.6 Å². The van der Waals surface area contributed by atoms with Crippen molar-refractivity contribution >= 4 is 22.9 Å². The Labute approximate surface area is 87.5 Å². The predicted molar refractivity (Wildman–Crippen MR) is 59.5 cm³/mol. The van der Waals surface area contributed by atoms with Crippen molar-refractivity contribution in [2.75, 3.05) is 17.6 Å². The van der Waals surface area contributed by atoms with Gasteiger partial charge in [0, 0.05) is 13.6 Å². The molecule has 2 aromatic rings. The van der Waals surface area contributed by atoms with E-state index in [0.29, 0.717) is 17.3 Å². The number of aryl methyl sites for hydroxylation is 1. The highest BCUT2D eigenvalue weighted by atomic mass is 15.2. The maximum absolute atomic E-state index is 5.78. The summed E-state index contributed by atoms with van der Waals surface area (Å²) < 4.78 is 1.82. The van der Waals surface area contributed by atoms with Crippen LogP contribution in [0.4, 0.5) is 11.8 Å². The van der Waals surface area contributed by atoms with Crippen LogP contribution in [-0.2, 0) is 7.05 Å². The molecule has 2 heterocycles. The van der Waals surface area contributed by atoms with Gasteiger partial charge in [0.25, 0.3) is 0 Å². The summed E-state index contributed by atoms with van der Waals surface area (Å²) in [7, 11) is 1.88. The molecular formula is C9H14N6. The monoisotopic (exact) mass is 206 g/mol. The normalized spacial score (nSPS) is 10.8. The molecule has 0 atom stereocenters. The number of nitrogens with zero attached hydrogens (tertiary/aromatic N) is 4. The fraction of sp³-hybridized carbons (Fsp3) is 0.444. The van der Waals surface area contributed by atoms with Crippen LogP contribution >= 0.6 is 0 Å². The second-order valence-corrected chi connectivity index (χ2v) is 3.39. The average Bonchev–Trinajstić information content (AvgIpc) is 2.58. The number of anilines is 2. The van der Waals surface area contributed by atoms with Gasteiger partial charge in [0.2, 0.25) is 5.95 Å². The zero-order valence-corrected chi connectivity index (χ0v) is 8.86. The van der Waals surface area contributed by atoms with Gasteiger partial charge in [-0.05, 0) is 6.42 Å². The SMILES string of the molecule is CCCNc1nc(N)c2ncn(C)c2n1. The molecule has 0 aliphatic rings. The van der Waals surface area contributed by atoms with Gasteiger partial charge < -0.3 is 15.6 Å². The van der Waals surface area contributed by atoms with Crippen LogP contribution in [-0.4, -0.2) is 26.1 Å². The number of nitrogen functional groups attached to an aromatic ring is 1. The van der Waals surface area contributed by atoms with Crippen molar-refractivity contribution in [2.45, 2.75) is 13.3 Å². The number of nitrogens with one attached hydrogen (secondary N) is 1. The van der Waals surface area contributed by atoms with Gasteiger partial charge in [0.1, 0.15) is 5.52 Å². The Morgan fingerprint density at radius 3 is 3.00 bits per heavy atom. The van der Waals surface area contributed by atoms with E-state index in [9.17, 15) is 0 Å². The molecule has 0 saturated carbocycles. The van der Waals surface area contributed by atoms with Crippen LogP contribution in [0.1, 0.15) is 13.3 Å². The number of fused-ring (bicyclic) bond motifs is 1. The van der Waals surface area contributed by atoms with Crippen molar-refractivity contribution in [1.82, 2.24) is 19.5 Å². The minimum Gasteiger partial charge on any atom is -0.382 e. The van der Waals surface area contributed by atoms with Crippen molar-refractivity contribution in [1.29, 1.82) is 0 Å². The lowest BCUT2D eigenvalue weighted by Gasteiger charge is -2.04. The summed E-state index contributed by atoms with van der Waals surface area (Å²) in [6, 6.07) is 0. The van der Waals surface area contributed by atoms with Gasteiger partial charge in [-0.25, -0.2) is 4.98 Å². The fourth-order valence-corrected chi connectivity index (χ4v) is 1.34. The Hall–Kier alpha value is -1.85. The molecule has 2 aromatic heterocycles. The molecule has 3 N–H and O–H groups in total. The van der Waals surface area contributed by atoms with Crippen molar-refractivity contribution < 1.29 is 0 Å². The first kappa shape index (κ1) is 9.70. The molecule has 0 unspecified atom stereocenters. The van der Waals surface area contributed by atoms with Crippen LogP contribution in [0.25, 0.3) is 11.2 Å². The minimum absolute atomic E-state index is 0.416. The van der Waals surface area contributed by atoms with Gasteiger partial charge in [-0.1, -0.05) is 6.92 Å². The molecule has 0 fully saturated rings. The highest BCUT2D eigenvalue weighted by Crippen LogP contribution is 2.16. The maximum atomic E-state index is 5.78. The van der Waals surface area contributed by atoms with Crippen LogP contribution in [0.5, 0.6) is 0 Å². The molecule has 0 amide bonds. The first-order chi connectivity index (χ1) is 7.22. The molecule has 0 radical (unpaired) electrons. The first-order valence-corrected chi connectivity index (χ1v) is 4.90. The predicted octanol–water partition coefficient (Wildman–Crippen LogP) is 0.767. The van der Waals surface area contributed by atoms with E-state index in [2.05, 4.69) is 27.2 Å². The van der Waals surface area contributed by atoms with Crippen LogP contribution < -0.4 is 11.1 Å². The molecule has 0 aromatic carbocycles. The lowest BCUT2D eigenvalue weighted by molar-refractivity contribution is 0.919. The van der Waals surface area contributed by atoms with Gasteiger partial charge in [-0.2, -0.15) is 9.97 Å². The number of hydrogen-bond acceptors (Lipinski definition) is 5. The summed E-state index contributed by atoms with van der Waals surface area (Å²) in [5.41, 5.74) is 7.18. The quantitative estimate of drug-likeness (QED) is 0.775. The highest BCUT2D eigenvalue weighted by molar-refractivity contribution is 5.82. The molecule has 0 saturated heterocycles. The maximum Gasteiger partial charge on any atom is 0.226 e. The Balaban J connectivity index is 2.45. The third kappa shape index (κ3) is 1.70. The number of aromatic nitrogens is 4. The summed E-state index contributed by atoms with van der Waals surface area (Å²) in [6.07, 6.45) is 2.70. The molecule has 2 rings (SSSR count). The Bertz CT molecular complexity index is 475. The third-order valence-corrected chi connectivity index (χ3v) is 2.12. The van der Waals surface area contributed by atoms with E-state index in [1.165, 1.54) is 0 Å². The summed E-state index contributed by atoms with van der Waals surface area (Å²) >= 11 is 0. The number of nitrogens with two attached hydrogens (primary N) is 1. The van der Waals surface area contributed by atoms with Crippen molar-refractivity contribution in [3.63, 3.8) is 0 Å². The van der Waals surface area contributed by atoms with Gasteiger partial charge >= 0.3 is 0 Å². The summed E-state index contributed by atoms with van der Waals surface area (Å²) in [5.74, 6) is 0.977. The number of rotatable bonds is 3. The van der Waals surface area contributed by atoms with Crippen molar-refractivity contribution in [2.24, 2.45) is 7.05 Å². The van der Waals surface area contributed by atoms with Crippen molar-refractivity contribution in [3.8, 4) is 0 Å². The standard InChI is InChI=1S/C9H14N6/c1-3-4-11-9-13-7(10)6-8(14-9)15(2)5-12-6/h5H,3-4H2,1-2H3,(H3,10,11,13,14). The highest BCUT2D eigenvalue weighted by Gasteiger charge is 2.08. The van der Waals surface area contributed by atoms with Gasteiger partial charge in [-0.15, -0.1) is 0 Å². The van der Waals surface area contributed by atoms with Crippen LogP contribution in [0.3, 0.4) is 0 Å². The number of imidazole rings is 1. The topological polar surface area (TPSA) is 81.6 Å². The van der Waals surface area contributed by atoms with E-state index in [0.717, 1.165) is 18.6 Å². The molecule has 0 aliphatic carbocycles. The summed E-state index contributed by atoms with van der Waals surface area (Å²) in [6.45, 7) is 2.92. The van der Waals surface area contributed by atoms with E-state index >= 15 is 0 Å². The Kier molecular flexibility index (Phi) is 2.40. The van der Waals surface area contributed by atoms with Crippen molar-refractivity contribution in [3.05, 3.63) is 6.33 Å². The van der Waals surface area contributed by atoms with E-state index < -0.39 is 0 Å². The molecule has 6 heteroatoms. The third-order valence-electron chi connectivity index (χ3n) is 2.12. The van der Waals surface area contributed by atoms with Gasteiger partial charge in [0.15, 0.2) is 11.5 Å². The van der Waals surface area contributed by atoms with Gasteiger partial charge in [0.05, 0.1) is 6.33 Å². The summed E-state index contributed by atoms with van der Waals surface area (Å²) in [5, 5.41) is 3.10. The smallest absolute Gasteiger partial charge is 0.226 e. The Morgan fingerprint density at radius 1 is 1.47 bits per heavy atom. The Morgan fingerprint density at radius 2 is 2.27 bits per heavy atom. The second-order valence-electron chi connectivity index (χ2n) is 3.39. The lowest BCUT2D eigenvalue weighted by Crippen LogP contribution is -2.07. The second kappa shape index (κ2) is 3.72.